The molecule has 1 aliphatic rings. The first-order valence-electron chi connectivity index (χ1n) is 9.40. The maximum Gasteiger partial charge on any atom is 0.339 e. The van der Waals surface area contributed by atoms with Crippen LogP contribution in [0, 0.1) is 5.82 Å². The van der Waals surface area contributed by atoms with Crippen LogP contribution >= 0.6 is 23.4 Å². The van der Waals surface area contributed by atoms with Crippen molar-refractivity contribution in [2.45, 2.75) is 24.2 Å². The molecule has 148 valence electrons. The molecule has 0 N–H and O–H groups in total. The second-order valence-corrected chi connectivity index (χ2v) is 8.29. The minimum atomic E-state index is -0.398. The second kappa shape index (κ2) is 8.21. The van der Waals surface area contributed by atoms with Gasteiger partial charge in [0.05, 0.1) is 12.7 Å². The molecule has 0 saturated heterocycles. The molecular weight excluding hydrogens is 407 g/mol. The van der Waals surface area contributed by atoms with Crippen molar-refractivity contribution in [2.24, 2.45) is 0 Å². The van der Waals surface area contributed by atoms with E-state index >= 15 is 0 Å². The van der Waals surface area contributed by atoms with Crippen LogP contribution in [-0.2, 0) is 17.6 Å². The van der Waals surface area contributed by atoms with Crippen LogP contribution in [0.5, 0.6) is 0 Å². The molecule has 29 heavy (non-hydrogen) atoms. The number of fused-ring (bicyclic) bond motifs is 3. The molecule has 0 atom stereocenters. The molecule has 4 rings (SSSR count). The Balaban J connectivity index is 2.12. The molecular formula is C24H20ClFO2S. The van der Waals surface area contributed by atoms with Gasteiger partial charge in [-0.3, -0.25) is 0 Å². The number of esters is 1. The summed E-state index contributed by atoms with van der Waals surface area (Å²) in [6.45, 7) is 0. The van der Waals surface area contributed by atoms with E-state index in [0.29, 0.717) is 10.6 Å². The van der Waals surface area contributed by atoms with Gasteiger partial charge < -0.3 is 4.74 Å². The first-order valence-corrected chi connectivity index (χ1v) is 11.0. The lowest BCUT2D eigenvalue weighted by atomic mass is 9.86. The molecule has 1 aliphatic carbocycles. The Hall–Kier alpha value is -2.30. The van der Waals surface area contributed by atoms with Gasteiger partial charge in [-0.25, -0.2) is 9.18 Å². The molecule has 0 fully saturated rings. The van der Waals surface area contributed by atoms with Crippen molar-refractivity contribution in [3.05, 3.63) is 76.1 Å². The van der Waals surface area contributed by atoms with Crippen molar-refractivity contribution < 1.29 is 13.9 Å². The first kappa shape index (κ1) is 20.0. The van der Waals surface area contributed by atoms with Crippen LogP contribution in [0.15, 0.2) is 53.4 Å². The van der Waals surface area contributed by atoms with Gasteiger partial charge in [-0.05, 0) is 83.7 Å². The molecule has 0 bridgehead atoms. The van der Waals surface area contributed by atoms with Crippen LogP contribution in [0.3, 0.4) is 0 Å². The molecule has 0 amide bonds. The summed E-state index contributed by atoms with van der Waals surface area (Å²) in [6.07, 6.45) is 4.48. The summed E-state index contributed by atoms with van der Waals surface area (Å²) in [5.74, 6) is -0.708. The predicted octanol–water partition coefficient (Wildman–Crippen LogP) is 6.81. The van der Waals surface area contributed by atoms with Gasteiger partial charge in [0.15, 0.2) is 0 Å². The minimum Gasteiger partial charge on any atom is -0.465 e. The zero-order chi connectivity index (χ0) is 20.5. The highest BCUT2D eigenvalue weighted by molar-refractivity contribution is 7.98. The van der Waals surface area contributed by atoms with Crippen LogP contribution in [-0.4, -0.2) is 19.3 Å². The predicted molar refractivity (Wildman–Crippen MR) is 117 cm³/mol. The van der Waals surface area contributed by atoms with Gasteiger partial charge in [0, 0.05) is 15.5 Å². The van der Waals surface area contributed by atoms with Gasteiger partial charge >= 0.3 is 5.97 Å². The van der Waals surface area contributed by atoms with Crippen molar-refractivity contribution >= 4 is 29.3 Å². The number of hydrogen-bond donors (Lipinski definition) is 0. The number of carbonyl (C=O) groups is 1. The Morgan fingerprint density at radius 2 is 1.83 bits per heavy atom. The number of aryl methyl sites for hydroxylation is 1. The van der Waals surface area contributed by atoms with Gasteiger partial charge in [-0.1, -0.05) is 29.8 Å². The van der Waals surface area contributed by atoms with Crippen LogP contribution < -0.4 is 0 Å². The van der Waals surface area contributed by atoms with Gasteiger partial charge in [0.25, 0.3) is 0 Å². The molecule has 0 heterocycles. The zero-order valence-electron chi connectivity index (χ0n) is 16.2. The summed E-state index contributed by atoms with van der Waals surface area (Å²) in [4.78, 5) is 13.6. The number of methoxy groups -OCH3 is 1. The van der Waals surface area contributed by atoms with E-state index in [1.165, 1.54) is 24.9 Å². The van der Waals surface area contributed by atoms with Crippen LogP contribution in [0.2, 0.25) is 5.02 Å². The Labute approximate surface area is 179 Å². The third kappa shape index (κ3) is 3.67. The highest BCUT2D eigenvalue weighted by atomic mass is 35.5. The van der Waals surface area contributed by atoms with Crippen molar-refractivity contribution in [1.82, 2.24) is 0 Å². The number of ether oxygens (including phenoxy) is 1. The number of thioether (sulfide) groups is 1. The van der Waals surface area contributed by atoms with Gasteiger partial charge in [0.1, 0.15) is 5.82 Å². The van der Waals surface area contributed by atoms with E-state index in [9.17, 15) is 9.18 Å². The maximum absolute atomic E-state index is 14.3. The molecule has 0 spiro atoms. The lowest BCUT2D eigenvalue weighted by Gasteiger charge is -2.21. The molecule has 0 aliphatic heterocycles. The molecule has 0 radical (unpaired) electrons. The fourth-order valence-electron chi connectivity index (χ4n) is 4.06. The highest BCUT2D eigenvalue weighted by Crippen LogP contribution is 2.44. The number of carbonyl (C=O) groups excluding carboxylic acids is 1. The lowest BCUT2D eigenvalue weighted by molar-refractivity contribution is 0.0597. The monoisotopic (exact) mass is 426 g/mol. The Morgan fingerprint density at radius 3 is 2.52 bits per heavy atom. The Bertz CT molecular complexity index is 1090. The summed E-state index contributed by atoms with van der Waals surface area (Å²) < 4.78 is 19.4. The third-order valence-corrected chi connectivity index (χ3v) is 6.39. The third-order valence-electron chi connectivity index (χ3n) is 5.38. The standard InChI is InChI=1S/C24H20ClFO2S/c1-28-24(27)23-21(29-2)13-19(15-6-9-16(25)10-7-15)18-5-3-4-14-8-11-17(26)12-20(14)22(18)23/h6-13H,3-5H2,1-2H3. The van der Waals surface area contributed by atoms with Crippen molar-refractivity contribution in [3.8, 4) is 22.3 Å². The van der Waals surface area contributed by atoms with E-state index in [2.05, 4.69) is 0 Å². The van der Waals surface area contributed by atoms with E-state index in [-0.39, 0.29) is 5.82 Å². The van der Waals surface area contributed by atoms with Crippen molar-refractivity contribution in [1.29, 1.82) is 0 Å². The van der Waals surface area contributed by atoms with Crippen molar-refractivity contribution in [2.75, 3.05) is 13.4 Å². The van der Waals surface area contributed by atoms with E-state index < -0.39 is 5.97 Å². The maximum atomic E-state index is 14.3. The molecule has 0 unspecified atom stereocenters. The van der Waals surface area contributed by atoms with Gasteiger partial charge in [-0.2, -0.15) is 0 Å². The number of hydrogen-bond acceptors (Lipinski definition) is 3. The average molecular weight is 427 g/mol. The topological polar surface area (TPSA) is 26.3 Å². The summed E-state index contributed by atoms with van der Waals surface area (Å²) in [5.41, 5.74) is 6.26. The largest absolute Gasteiger partial charge is 0.465 e. The summed E-state index contributed by atoms with van der Waals surface area (Å²) in [5, 5.41) is 0.670. The molecule has 3 aromatic carbocycles. The molecule has 0 saturated carbocycles. The second-order valence-electron chi connectivity index (χ2n) is 7.01. The van der Waals surface area contributed by atoms with E-state index in [1.54, 1.807) is 6.07 Å². The quantitative estimate of drug-likeness (QED) is 0.340. The zero-order valence-corrected chi connectivity index (χ0v) is 17.8. The first-order chi connectivity index (χ1) is 14.0. The molecule has 5 heteroatoms. The van der Waals surface area contributed by atoms with Gasteiger partial charge in [0.2, 0.25) is 0 Å². The van der Waals surface area contributed by atoms with E-state index in [1.807, 2.05) is 42.7 Å². The SMILES string of the molecule is COC(=O)c1c(SC)cc(-c2ccc(Cl)cc2)c2c1-c1cc(F)ccc1CCC2. The van der Waals surface area contributed by atoms with Crippen LogP contribution in [0.4, 0.5) is 4.39 Å². The highest BCUT2D eigenvalue weighted by Gasteiger charge is 2.28. The van der Waals surface area contributed by atoms with E-state index in [4.69, 9.17) is 16.3 Å². The molecule has 3 aromatic rings. The fraction of sp³-hybridized carbons (Fsp3) is 0.208. The van der Waals surface area contributed by atoms with Crippen LogP contribution in [0.1, 0.15) is 27.9 Å². The van der Waals surface area contributed by atoms with Crippen molar-refractivity contribution in [3.63, 3.8) is 0 Å². The smallest absolute Gasteiger partial charge is 0.339 e. The number of rotatable bonds is 3. The van der Waals surface area contributed by atoms with Gasteiger partial charge in [-0.15, -0.1) is 11.8 Å². The summed E-state index contributed by atoms with van der Waals surface area (Å²) in [6, 6.07) is 14.6. The average Bonchev–Trinajstić information content (AvgIpc) is 2.92. The summed E-state index contributed by atoms with van der Waals surface area (Å²) in [7, 11) is 1.38. The summed E-state index contributed by atoms with van der Waals surface area (Å²) >= 11 is 7.58. The molecule has 0 aromatic heterocycles. The normalized spacial score (nSPS) is 12.7. The number of benzene rings is 3. The fourth-order valence-corrected chi connectivity index (χ4v) is 4.81. The molecule has 2 nitrogen and oxygen atoms in total. The lowest BCUT2D eigenvalue weighted by Crippen LogP contribution is -2.09. The van der Waals surface area contributed by atoms with Crippen LogP contribution in [0.25, 0.3) is 22.3 Å². The Morgan fingerprint density at radius 1 is 1.07 bits per heavy atom. The number of halogens is 2. The minimum absolute atomic E-state index is 0.310. The Kier molecular flexibility index (Phi) is 5.66. The van der Waals surface area contributed by atoms with E-state index in [0.717, 1.165) is 57.5 Å².